The molecule has 0 saturated heterocycles. The summed E-state index contributed by atoms with van der Waals surface area (Å²) in [6.45, 7) is 5.82. The molecule has 1 aliphatic rings. The Labute approximate surface area is 161 Å². The number of nitrogens with zero attached hydrogens (tertiary/aromatic N) is 1. The molecule has 0 unspecified atom stereocenters. The standard InChI is InChI=1S/C21H31N3OS/c1-3-10-24(15-16-4-5-16)11-8-17-14-22-20-7-6-18(13-19(17)20)23-21(25)9-12-26-2/h6-7,13-14,16,22H,3-5,8-12,15H2,1-2H3,(H,23,25). The number of fused-ring (bicyclic) bond motifs is 1. The number of carbonyl (C=O) groups excluding carboxylic acids is 1. The van der Waals surface area contributed by atoms with Gasteiger partial charge in [-0.05, 0) is 68.2 Å². The largest absolute Gasteiger partial charge is 0.361 e. The van der Waals surface area contributed by atoms with Crippen molar-refractivity contribution < 1.29 is 4.79 Å². The molecule has 5 heteroatoms. The summed E-state index contributed by atoms with van der Waals surface area (Å²) >= 11 is 1.70. The summed E-state index contributed by atoms with van der Waals surface area (Å²) in [6, 6.07) is 6.16. The van der Waals surface area contributed by atoms with Gasteiger partial charge in [0, 0.05) is 48.1 Å². The van der Waals surface area contributed by atoms with Gasteiger partial charge in [0.05, 0.1) is 0 Å². The van der Waals surface area contributed by atoms with Crippen molar-refractivity contribution in [1.82, 2.24) is 9.88 Å². The molecule has 1 amide bonds. The Morgan fingerprint density at radius 3 is 2.92 bits per heavy atom. The Bertz CT molecular complexity index is 723. The molecule has 2 aromatic rings. The molecular formula is C21H31N3OS. The molecule has 0 radical (unpaired) electrons. The highest BCUT2D eigenvalue weighted by atomic mass is 32.2. The van der Waals surface area contributed by atoms with Gasteiger partial charge in [0.2, 0.25) is 5.91 Å². The minimum atomic E-state index is 0.0920. The van der Waals surface area contributed by atoms with Crippen molar-refractivity contribution in [2.75, 3.05) is 37.0 Å². The smallest absolute Gasteiger partial charge is 0.225 e. The zero-order valence-corrected chi connectivity index (χ0v) is 16.8. The van der Waals surface area contributed by atoms with Crippen molar-refractivity contribution in [1.29, 1.82) is 0 Å². The summed E-state index contributed by atoms with van der Waals surface area (Å²) < 4.78 is 0. The van der Waals surface area contributed by atoms with Gasteiger partial charge >= 0.3 is 0 Å². The van der Waals surface area contributed by atoms with Crippen LogP contribution in [0.3, 0.4) is 0 Å². The van der Waals surface area contributed by atoms with Crippen molar-refractivity contribution in [2.45, 2.75) is 39.0 Å². The molecule has 3 rings (SSSR count). The summed E-state index contributed by atoms with van der Waals surface area (Å²) in [4.78, 5) is 18.0. The highest BCUT2D eigenvalue weighted by molar-refractivity contribution is 7.98. The number of nitrogens with one attached hydrogen (secondary N) is 2. The Kier molecular flexibility index (Phi) is 7.03. The van der Waals surface area contributed by atoms with Crippen molar-refractivity contribution in [3.05, 3.63) is 30.0 Å². The topological polar surface area (TPSA) is 48.1 Å². The van der Waals surface area contributed by atoms with E-state index in [2.05, 4.69) is 40.5 Å². The Morgan fingerprint density at radius 2 is 2.19 bits per heavy atom. The minimum Gasteiger partial charge on any atom is -0.361 e. The highest BCUT2D eigenvalue weighted by Gasteiger charge is 2.23. The van der Waals surface area contributed by atoms with E-state index in [0.717, 1.165) is 35.8 Å². The average molecular weight is 374 g/mol. The SMILES string of the molecule is CCCN(CCc1c[nH]c2ccc(NC(=O)CCSC)cc12)CC1CC1. The number of anilines is 1. The number of hydrogen-bond donors (Lipinski definition) is 2. The lowest BCUT2D eigenvalue weighted by molar-refractivity contribution is -0.115. The Hall–Kier alpha value is -1.46. The van der Waals surface area contributed by atoms with Gasteiger partial charge < -0.3 is 15.2 Å². The van der Waals surface area contributed by atoms with Crippen molar-refractivity contribution >= 4 is 34.3 Å². The number of hydrogen-bond acceptors (Lipinski definition) is 3. The van der Waals surface area contributed by atoms with E-state index in [9.17, 15) is 4.79 Å². The van der Waals surface area contributed by atoms with Crippen LogP contribution >= 0.6 is 11.8 Å². The van der Waals surface area contributed by atoms with Gasteiger partial charge in [-0.25, -0.2) is 0 Å². The fraction of sp³-hybridized carbons (Fsp3) is 0.571. The van der Waals surface area contributed by atoms with Gasteiger partial charge in [0.25, 0.3) is 0 Å². The summed E-state index contributed by atoms with van der Waals surface area (Å²) in [5, 5.41) is 4.26. The van der Waals surface area contributed by atoms with E-state index in [4.69, 9.17) is 0 Å². The van der Waals surface area contributed by atoms with E-state index in [1.165, 1.54) is 43.3 Å². The van der Waals surface area contributed by atoms with Gasteiger partial charge in [0.1, 0.15) is 0 Å². The lowest BCUT2D eigenvalue weighted by Crippen LogP contribution is -2.29. The number of H-pyrrole nitrogens is 1. The van der Waals surface area contributed by atoms with E-state index >= 15 is 0 Å². The van der Waals surface area contributed by atoms with Crippen LogP contribution in [0.1, 0.15) is 38.2 Å². The van der Waals surface area contributed by atoms with Crippen molar-refractivity contribution in [3.8, 4) is 0 Å². The third-order valence-electron chi connectivity index (χ3n) is 5.03. The van der Waals surface area contributed by atoms with Gasteiger partial charge in [-0.15, -0.1) is 0 Å². The van der Waals surface area contributed by atoms with Crippen LogP contribution in [0, 0.1) is 5.92 Å². The van der Waals surface area contributed by atoms with Gasteiger partial charge in [0.15, 0.2) is 0 Å². The quantitative estimate of drug-likeness (QED) is 0.609. The van der Waals surface area contributed by atoms with Gasteiger partial charge in [-0.1, -0.05) is 6.92 Å². The zero-order chi connectivity index (χ0) is 18.4. The van der Waals surface area contributed by atoms with Gasteiger partial charge in [-0.3, -0.25) is 4.79 Å². The zero-order valence-electron chi connectivity index (χ0n) is 16.0. The van der Waals surface area contributed by atoms with Crippen LogP contribution in [-0.2, 0) is 11.2 Å². The minimum absolute atomic E-state index is 0.0920. The molecule has 4 nitrogen and oxygen atoms in total. The van der Waals surface area contributed by atoms with Crippen LogP contribution in [0.25, 0.3) is 10.9 Å². The maximum Gasteiger partial charge on any atom is 0.225 e. The number of aromatic amines is 1. The molecule has 1 aromatic carbocycles. The van der Waals surface area contributed by atoms with E-state index < -0.39 is 0 Å². The molecule has 26 heavy (non-hydrogen) atoms. The maximum absolute atomic E-state index is 12.0. The molecule has 142 valence electrons. The van der Waals surface area contributed by atoms with Crippen molar-refractivity contribution in [3.63, 3.8) is 0 Å². The van der Waals surface area contributed by atoms with Gasteiger partial charge in [-0.2, -0.15) is 11.8 Å². The lowest BCUT2D eigenvalue weighted by atomic mass is 10.1. The molecular weight excluding hydrogens is 342 g/mol. The third-order valence-corrected chi connectivity index (χ3v) is 5.65. The second kappa shape index (κ2) is 9.47. The van der Waals surface area contributed by atoms with Crippen LogP contribution in [0.15, 0.2) is 24.4 Å². The molecule has 1 heterocycles. The van der Waals surface area contributed by atoms with E-state index in [1.807, 2.05) is 12.3 Å². The first-order chi connectivity index (χ1) is 12.7. The van der Waals surface area contributed by atoms with Crippen LogP contribution in [-0.4, -0.2) is 47.4 Å². The van der Waals surface area contributed by atoms with E-state index in [1.54, 1.807) is 11.8 Å². The molecule has 2 N–H and O–H groups in total. The number of carbonyl (C=O) groups is 1. The second-order valence-corrected chi connectivity index (χ2v) is 8.34. The molecule has 0 aliphatic heterocycles. The third kappa shape index (κ3) is 5.52. The van der Waals surface area contributed by atoms with Crippen LogP contribution in [0.5, 0.6) is 0 Å². The molecule has 1 aromatic heterocycles. The Morgan fingerprint density at radius 1 is 1.35 bits per heavy atom. The summed E-state index contributed by atoms with van der Waals surface area (Å²) in [5.41, 5.74) is 3.39. The Balaban J connectivity index is 1.64. The molecule has 0 bridgehead atoms. The maximum atomic E-state index is 12.0. The monoisotopic (exact) mass is 373 g/mol. The second-order valence-electron chi connectivity index (χ2n) is 7.36. The first-order valence-electron chi connectivity index (χ1n) is 9.80. The fourth-order valence-corrected chi connectivity index (χ4v) is 3.83. The normalized spacial score (nSPS) is 14.3. The highest BCUT2D eigenvalue weighted by Crippen LogP contribution is 2.30. The lowest BCUT2D eigenvalue weighted by Gasteiger charge is -2.21. The fourth-order valence-electron chi connectivity index (χ4n) is 3.44. The predicted octanol–water partition coefficient (Wildman–Crippen LogP) is 4.52. The average Bonchev–Trinajstić information content (AvgIpc) is 3.36. The predicted molar refractivity (Wildman–Crippen MR) is 113 cm³/mol. The molecule has 0 atom stereocenters. The van der Waals surface area contributed by atoms with Crippen LogP contribution < -0.4 is 5.32 Å². The van der Waals surface area contributed by atoms with Crippen LogP contribution in [0.2, 0.25) is 0 Å². The number of benzene rings is 1. The number of thioether (sulfide) groups is 1. The molecule has 1 aliphatic carbocycles. The number of rotatable bonds is 11. The summed E-state index contributed by atoms with van der Waals surface area (Å²) in [5.74, 6) is 1.89. The molecule has 1 saturated carbocycles. The summed E-state index contributed by atoms with van der Waals surface area (Å²) in [7, 11) is 0. The number of aromatic nitrogens is 1. The summed E-state index contributed by atoms with van der Waals surface area (Å²) in [6.07, 6.45) is 9.80. The van der Waals surface area contributed by atoms with E-state index in [-0.39, 0.29) is 5.91 Å². The molecule has 1 fully saturated rings. The number of amides is 1. The molecule has 0 spiro atoms. The first-order valence-corrected chi connectivity index (χ1v) is 11.2. The van der Waals surface area contributed by atoms with Crippen molar-refractivity contribution in [2.24, 2.45) is 5.92 Å². The van der Waals surface area contributed by atoms with Crippen LogP contribution in [0.4, 0.5) is 5.69 Å². The van der Waals surface area contributed by atoms with E-state index in [0.29, 0.717) is 6.42 Å². The first kappa shape index (κ1) is 19.3.